The van der Waals surface area contributed by atoms with Crippen molar-refractivity contribution in [3.8, 4) is 0 Å². The SMILES string of the molecule is CC(C)CC(Cl)(CCCCCCCCC(Cl)(CC(C)C)S(=O)c1ccccc1)S(=O)c1ccccc1. The average Bonchev–Trinajstić information content (AvgIpc) is 2.85. The van der Waals surface area contributed by atoms with Crippen LogP contribution >= 0.6 is 23.2 Å². The predicted molar refractivity (Wildman–Crippen MR) is 159 cm³/mol. The van der Waals surface area contributed by atoms with Crippen LogP contribution in [0.5, 0.6) is 0 Å². The third-order valence-corrected chi connectivity index (χ3v) is 11.4. The van der Waals surface area contributed by atoms with Crippen LogP contribution in [0.1, 0.15) is 91.9 Å². The third kappa shape index (κ3) is 10.2. The van der Waals surface area contributed by atoms with Crippen molar-refractivity contribution in [2.24, 2.45) is 11.8 Å². The smallest absolute Gasteiger partial charge is 0.124 e. The molecule has 2 rings (SSSR count). The largest absolute Gasteiger partial charge is 0.253 e. The van der Waals surface area contributed by atoms with Gasteiger partial charge in [-0.2, -0.15) is 0 Å². The highest BCUT2D eigenvalue weighted by atomic mass is 35.5. The summed E-state index contributed by atoms with van der Waals surface area (Å²) in [6.45, 7) is 8.56. The molecule has 0 spiro atoms. The molecule has 0 radical (unpaired) electrons. The molecule has 2 aromatic rings. The molecule has 36 heavy (non-hydrogen) atoms. The number of benzene rings is 2. The molecule has 4 unspecified atom stereocenters. The van der Waals surface area contributed by atoms with E-state index >= 15 is 0 Å². The molecule has 0 aromatic heterocycles. The lowest BCUT2D eigenvalue weighted by Crippen LogP contribution is -2.30. The van der Waals surface area contributed by atoms with Gasteiger partial charge in [0, 0.05) is 9.79 Å². The lowest BCUT2D eigenvalue weighted by atomic mass is 10.00. The minimum atomic E-state index is -1.23. The first-order valence-corrected chi connectivity index (χ1v) is 16.4. The Bertz CT molecular complexity index is 859. The van der Waals surface area contributed by atoms with Crippen molar-refractivity contribution in [2.45, 2.75) is 110 Å². The summed E-state index contributed by atoms with van der Waals surface area (Å²) in [4.78, 5) is 1.62. The number of alkyl halides is 2. The fourth-order valence-corrected chi connectivity index (χ4v) is 9.46. The summed E-state index contributed by atoms with van der Waals surface area (Å²) in [5, 5.41) is 0. The molecule has 0 aliphatic heterocycles. The van der Waals surface area contributed by atoms with Gasteiger partial charge in [0.25, 0.3) is 0 Å². The molecule has 0 fully saturated rings. The van der Waals surface area contributed by atoms with E-state index in [-0.39, 0.29) is 0 Å². The van der Waals surface area contributed by atoms with Crippen LogP contribution in [0.15, 0.2) is 70.5 Å². The van der Waals surface area contributed by atoms with Crippen molar-refractivity contribution in [3.05, 3.63) is 60.7 Å². The zero-order valence-electron chi connectivity index (χ0n) is 22.4. The van der Waals surface area contributed by atoms with Gasteiger partial charge < -0.3 is 0 Å². The van der Waals surface area contributed by atoms with E-state index in [1.807, 2.05) is 60.7 Å². The standard InChI is InChI=1S/C30H44Cl2O2S2/c1-25(2)23-29(31,35(33)27-17-11-9-12-18-27)21-15-7-5-6-8-16-22-30(32,24-26(3)4)36(34)28-19-13-10-14-20-28/h9-14,17-20,25-26H,5-8,15-16,21-24H2,1-4H3. The molecule has 2 nitrogen and oxygen atoms in total. The molecule has 0 aliphatic rings. The van der Waals surface area contributed by atoms with Gasteiger partial charge in [-0.1, -0.05) is 103 Å². The monoisotopic (exact) mass is 570 g/mol. The Morgan fingerprint density at radius 2 is 0.889 bits per heavy atom. The molecule has 2 aromatic carbocycles. The first-order chi connectivity index (χ1) is 17.1. The lowest BCUT2D eigenvalue weighted by molar-refractivity contribution is 0.468. The maximum atomic E-state index is 13.3. The highest BCUT2D eigenvalue weighted by molar-refractivity contribution is 7.88. The Balaban J connectivity index is 1.80. The summed E-state index contributed by atoms with van der Waals surface area (Å²) < 4.78 is 25.1. The van der Waals surface area contributed by atoms with Crippen LogP contribution in [0.4, 0.5) is 0 Å². The number of halogens is 2. The van der Waals surface area contributed by atoms with E-state index < -0.39 is 30.0 Å². The number of hydrogen-bond acceptors (Lipinski definition) is 2. The summed E-state index contributed by atoms with van der Waals surface area (Å²) >= 11 is 14.0. The van der Waals surface area contributed by atoms with Crippen molar-refractivity contribution < 1.29 is 8.42 Å². The maximum Gasteiger partial charge on any atom is 0.124 e. The molecule has 0 heterocycles. The van der Waals surface area contributed by atoms with Gasteiger partial charge in [0.2, 0.25) is 0 Å². The van der Waals surface area contributed by atoms with Gasteiger partial charge in [-0.25, -0.2) is 0 Å². The average molecular weight is 572 g/mol. The summed E-state index contributed by atoms with van der Waals surface area (Å²) in [6.07, 6.45) is 9.32. The van der Waals surface area contributed by atoms with Crippen LogP contribution in [-0.4, -0.2) is 16.8 Å². The highest BCUT2D eigenvalue weighted by Gasteiger charge is 2.36. The third-order valence-electron chi connectivity index (χ3n) is 6.36. The van der Waals surface area contributed by atoms with Gasteiger partial charge >= 0.3 is 0 Å². The van der Waals surface area contributed by atoms with Gasteiger partial charge in [-0.05, 0) is 61.8 Å². The summed E-state index contributed by atoms with van der Waals surface area (Å²) in [5.74, 6) is 0.775. The van der Waals surface area contributed by atoms with Gasteiger partial charge in [0.05, 0.1) is 21.6 Å². The molecule has 0 aliphatic carbocycles. The topological polar surface area (TPSA) is 34.1 Å². The fraction of sp³-hybridized carbons (Fsp3) is 0.600. The normalized spacial score (nSPS) is 17.0. The zero-order chi connectivity index (χ0) is 26.6. The van der Waals surface area contributed by atoms with Gasteiger partial charge in [0.1, 0.15) is 8.41 Å². The van der Waals surface area contributed by atoms with Crippen LogP contribution in [0.3, 0.4) is 0 Å². The first kappa shape index (κ1) is 31.5. The van der Waals surface area contributed by atoms with E-state index in [4.69, 9.17) is 23.2 Å². The molecule has 0 saturated heterocycles. The highest BCUT2D eigenvalue weighted by Crippen LogP contribution is 2.39. The molecule has 4 atom stereocenters. The predicted octanol–water partition coefficient (Wildman–Crippen LogP) is 9.69. The molecule has 0 bridgehead atoms. The molecular formula is C30H44Cl2O2S2. The first-order valence-electron chi connectivity index (χ1n) is 13.4. The van der Waals surface area contributed by atoms with Crippen molar-refractivity contribution in [3.63, 3.8) is 0 Å². The van der Waals surface area contributed by atoms with Crippen LogP contribution in [0, 0.1) is 11.8 Å². The fourth-order valence-electron chi connectivity index (χ4n) is 4.76. The van der Waals surface area contributed by atoms with E-state index in [0.29, 0.717) is 11.8 Å². The summed E-state index contributed by atoms with van der Waals surface area (Å²) in [7, 11) is -2.46. The second-order valence-electron chi connectivity index (χ2n) is 10.7. The molecule has 0 N–H and O–H groups in total. The quantitative estimate of drug-likeness (QED) is 0.140. The molecule has 0 saturated carbocycles. The Labute approximate surface area is 234 Å². The van der Waals surface area contributed by atoms with Gasteiger partial charge in [-0.3, -0.25) is 8.42 Å². The maximum absolute atomic E-state index is 13.3. The van der Waals surface area contributed by atoms with E-state index in [1.165, 1.54) is 0 Å². The minimum Gasteiger partial charge on any atom is -0.253 e. The number of hydrogen-bond donors (Lipinski definition) is 0. The van der Waals surface area contributed by atoms with Crippen molar-refractivity contribution in [1.82, 2.24) is 0 Å². The molecule has 202 valence electrons. The lowest BCUT2D eigenvalue weighted by Gasteiger charge is -2.28. The molecule has 6 heteroatoms. The molecule has 0 amide bonds. The number of rotatable bonds is 17. The van der Waals surface area contributed by atoms with Crippen molar-refractivity contribution in [2.75, 3.05) is 0 Å². The van der Waals surface area contributed by atoms with E-state index in [2.05, 4.69) is 27.7 Å². The Morgan fingerprint density at radius 1 is 0.583 bits per heavy atom. The Morgan fingerprint density at radius 3 is 1.19 bits per heavy atom. The second-order valence-corrected chi connectivity index (χ2v) is 16.2. The second kappa shape index (κ2) is 15.7. The van der Waals surface area contributed by atoms with E-state index in [9.17, 15) is 8.42 Å². The van der Waals surface area contributed by atoms with Crippen LogP contribution in [0.2, 0.25) is 0 Å². The Kier molecular flexibility index (Phi) is 13.7. The van der Waals surface area contributed by atoms with Gasteiger partial charge in [0.15, 0.2) is 0 Å². The minimum absolute atomic E-state index is 0.387. The van der Waals surface area contributed by atoms with E-state index in [0.717, 1.165) is 74.0 Å². The van der Waals surface area contributed by atoms with Crippen molar-refractivity contribution in [1.29, 1.82) is 0 Å². The molecular weight excluding hydrogens is 527 g/mol. The summed E-state index contributed by atoms with van der Waals surface area (Å²) in [5.41, 5.74) is 0. The van der Waals surface area contributed by atoms with Crippen LogP contribution in [-0.2, 0) is 21.6 Å². The zero-order valence-corrected chi connectivity index (χ0v) is 25.5. The van der Waals surface area contributed by atoms with Gasteiger partial charge in [-0.15, -0.1) is 23.2 Å². The Hall–Kier alpha value is -0.680. The van der Waals surface area contributed by atoms with Crippen LogP contribution in [0.25, 0.3) is 0 Å². The van der Waals surface area contributed by atoms with Crippen LogP contribution < -0.4 is 0 Å². The number of unbranched alkanes of at least 4 members (excludes halogenated alkanes) is 5. The van der Waals surface area contributed by atoms with E-state index in [1.54, 1.807) is 0 Å². The summed E-state index contributed by atoms with van der Waals surface area (Å²) in [6, 6.07) is 19.2. The van der Waals surface area contributed by atoms with Crippen molar-refractivity contribution >= 4 is 44.8 Å².